The molecule has 0 aliphatic carbocycles. The van der Waals surface area contributed by atoms with Gasteiger partial charge in [0.05, 0.1) is 0 Å². The molecule has 1 aromatic rings. The van der Waals surface area contributed by atoms with Gasteiger partial charge in [-0.3, -0.25) is 4.79 Å². The molecule has 14 heavy (non-hydrogen) atoms. The molecular formula is C11H12ClNO. The fourth-order valence-corrected chi connectivity index (χ4v) is 2.00. The topological polar surface area (TPSA) is 29.1 Å². The van der Waals surface area contributed by atoms with Crippen LogP contribution >= 0.6 is 11.6 Å². The lowest BCUT2D eigenvalue weighted by Gasteiger charge is -2.11. The van der Waals surface area contributed by atoms with Crippen molar-refractivity contribution in [1.29, 1.82) is 0 Å². The molecule has 0 bridgehead atoms. The van der Waals surface area contributed by atoms with E-state index >= 15 is 0 Å². The summed E-state index contributed by atoms with van der Waals surface area (Å²) in [5.41, 5.74) is 3.15. The van der Waals surface area contributed by atoms with Crippen LogP contribution in [0.3, 0.4) is 0 Å². The average molecular weight is 210 g/mol. The van der Waals surface area contributed by atoms with E-state index in [1.807, 2.05) is 19.1 Å². The number of fused-ring (bicyclic) bond motifs is 1. The molecule has 0 fully saturated rings. The molecule has 1 aliphatic heterocycles. The summed E-state index contributed by atoms with van der Waals surface area (Å²) in [7, 11) is 0. The average Bonchev–Trinajstić information content (AvgIpc) is 2.34. The van der Waals surface area contributed by atoms with Crippen LogP contribution in [-0.2, 0) is 11.2 Å². The fraction of sp³-hybridized carbons (Fsp3) is 0.364. The summed E-state index contributed by atoms with van der Waals surface area (Å²) in [5, 5.41) is 3.95. The Morgan fingerprint density at radius 2 is 2.21 bits per heavy atom. The zero-order valence-electron chi connectivity index (χ0n) is 8.06. The van der Waals surface area contributed by atoms with Crippen LogP contribution in [0.5, 0.6) is 0 Å². The molecule has 0 aromatic heterocycles. The minimum atomic E-state index is 0.253. The van der Waals surface area contributed by atoms with Crippen molar-refractivity contribution in [2.24, 2.45) is 0 Å². The predicted molar refractivity (Wildman–Crippen MR) is 58.0 cm³/mol. The molecule has 74 valence electrons. The third-order valence-electron chi connectivity index (χ3n) is 2.54. The molecule has 0 saturated carbocycles. The normalized spacial score (nSPS) is 15.7. The van der Waals surface area contributed by atoms with E-state index in [-0.39, 0.29) is 5.78 Å². The number of carbonyl (C=O) groups is 1. The Labute approximate surface area is 88.3 Å². The summed E-state index contributed by atoms with van der Waals surface area (Å²) in [4.78, 5) is 11.4. The van der Waals surface area contributed by atoms with Crippen LogP contribution in [0, 0.1) is 6.92 Å². The van der Waals surface area contributed by atoms with Crippen LogP contribution in [0.1, 0.15) is 17.5 Å². The molecule has 1 N–H and O–H groups in total. The summed E-state index contributed by atoms with van der Waals surface area (Å²) in [6.07, 6.45) is 1.05. The number of ketones is 1. The zero-order valence-corrected chi connectivity index (χ0v) is 8.82. The fourth-order valence-electron chi connectivity index (χ4n) is 1.77. The largest absolute Gasteiger partial charge is 0.384 e. The van der Waals surface area contributed by atoms with Crippen LogP contribution in [0.15, 0.2) is 12.1 Å². The third-order valence-corrected chi connectivity index (χ3v) is 2.90. The standard InChI is InChI=1S/C11H12ClNO/c1-7-2-3-10(12)9-6-8(14)4-5-13-11(7)9/h2-3,13H,4-6H2,1H3. The predicted octanol–water partition coefficient (Wildman–Crippen LogP) is 2.58. The molecule has 0 unspecified atom stereocenters. The van der Waals surface area contributed by atoms with Gasteiger partial charge in [-0.15, -0.1) is 0 Å². The highest BCUT2D eigenvalue weighted by atomic mass is 35.5. The van der Waals surface area contributed by atoms with Gasteiger partial charge in [0.1, 0.15) is 5.78 Å². The van der Waals surface area contributed by atoms with Crippen molar-refractivity contribution in [2.45, 2.75) is 19.8 Å². The molecule has 0 atom stereocenters. The Morgan fingerprint density at radius 3 is 3.00 bits per heavy atom. The van der Waals surface area contributed by atoms with E-state index in [1.165, 1.54) is 0 Å². The highest BCUT2D eigenvalue weighted by molar-refractivity contribution is 6.32. The van der Waals surface area contributed by atoms with E-state index < -0.39 is 0 Å². The maximum absolute atomic E-state index is 11.4. The van der Waals surface area contributed by atoms with E-state index in [9.17, 15) is 4.79 Å². The van der Waals surface area contributed by atoms with Crippen molar-refractivity contribution in [3.05, 3.63) is 28.3 Å². The maximum Gasteiger partial charge on any atom is 0.139 e. The highest BCUT2D eigenvalue weighted by Gasteiger charge is 2.17. The first kappa shape index (κ1) is 9.53. The van der Waals surface area contributed by atoms with E-state index in [0.29, 0.717) is 24.4 Å². The Morgan fingerprint density at radius 1 is 1.43 bits per heavy atom. The van der Waals surface area contributed by atoms with Crippen LogP contribution in [0.2, 0.25) is 5.02 Å². The number of Topliss-reactive ketones (excluding diaryl/α,β-unsaturated/α-hetero) is 1. The van der Waals surface area contributed by atoms with Crippen LogP contribution in [-0.4, -0.2) is 12.3 Å². The highest BCUT2D eigenvalue weighted by Crippen LogP contribution is 2.30. The van der Waals surface area contributed by atoms with Crippen LogP contribution in [0.25, 0.3) is 0 Å². The number of rotatable bonds is 0. The molecule has 1 aliphatic rings. The molecule has 2 rings (SSSR count). The summed E-state index contributed by atoms with van der Waals surface area (Å²) in [6.45, 7) is 2.74. The third kappa shape index (κ3) is 1.62. The van der Waals surface area contributed by atoms with E-state index in [1.54, 1.807) is 0 Å². The van der Waals surface area contributed by atoms with Gasteiger partial charge in [-0.2, -0.15) is 0 Å². The van der Waals surface area contributed by atoms with E-state index in [0.717, 1.165) is 16.8 Å². The molecule has 2 nitrogen and oxygen atoms in total. The summed E-state index contributed by atoms with van der Waals surface area (Å²) >= 11 is 6.06. The minimum absolute atomic E-state index is 0.253. The molecule has 1 aromatic carbocycles. The summed E-state index contributed by atoms with van der Waals surface area (Å²) in [5.74, 6) is 0.253. The van der Waals surface area contributed by atoms with Gasteiger partial charge in [0, 0.05) is 35.7 Å². The summed E-state index contributed by atoms with van der Waals surface area (Å²) < 4.78 is 0. The lowest BCUT2D eigenvalue weighted by molar-refractivity contribution is -0.118. The van der Waals surface area contributed by atoms with Gasteiger partial charge >= 0.3 is 0 Å². The molecule has 3 heteroatoms. The number of aryl methyl sites for hydroxylation is 1. The van der Waals surface area contributed by atoms with Crippen molar-refractivity contribution < 1.29 is 4.79 Å². The second kappa shape index (κ2) is 3.62. The van der Waals surface area contributed by atoms with Gasteiger partial charge in [-0.1, -0.05) is 17.7 Å². The second-order valence-electron chi connectivity index (χ2n) is 3.61. The molecule has 0 saturated heterocycles. The summed E-state index contributed by atoms with van der Waals surface area (Å²) in [6, 6.07) is 3.83. The number of hydrogen-bond acceptors (Lipinski definition) is 2. The van der Waals surface area contributed by atoms with Crippen LogP contribution < -0.4 is 5.32 Å². The number of nitrogens with one attached hydrogen (secondary N) is 1. The van der Waals surface area contributed by atoms with Crippen molar-refractivity contribution in [3.8, 4) is 0 Å². The smallest absolute Gasteiger partial charge is 0.139 e. The minimum Gasteiger partial charge on any atom is -0.384 e. The first-order chi connectivity index (χ1) is 6.68. The van der Waals surface area contributed by atoms with Crippen molar-refractivity contribution in [2.75, 3.05) is 11.9 Å². The molecule has 0 amide bonds. The molecular weight excluding hydrogens is 198 g/mol. The lowest BCUT2D eigenvalue weighted by Crippen LogP contribution is -2.04. The first-order valence-corrected chi connectivity index (χ1v) is 5.10. The quantitative estimate of drug-likeness (QED) is 0.712. The number of carbonyl (C=O) groups excluding carboxylic acids is 1. The van der Waals surface area contributed by atoms with E-state index in [2.05, 4.69) is 5.32 Å². The second-order valence-corrected chi connectivity index (χ2v) is 4.02. The lowest BCUT2D eigenvalue weighted by atomic mass is 10.0. The Hall–Kier alpha value is -1.02. The number of hydrogen-bond donors (Lipinski definition) is 1. The maximum atomic E-state index is 11.4. The monoisotopic (exact) mass is 209 g/mol. The van der Waals surface area contributed by atoms with Gasteiger partial charge in [-0.05, 0) is 18.6 Å². The van der Waals surface area contributed by atoms with Gasteiger partial charge in [0.2, 0.25) is 0 Å². The Balaban J connectivity index is 2.54. The first-order valence-electron chi connectivity index (χ1n) is 4.72. The Bertz CT molecular complexity index is 387. The van der Waals surface area contributed by atoms with Gasteiger partial charge in [-0.25, -0.2) is 0 Å². The zero-order chi connectivity index (χ0) is 10.1. The molecule has 1 heterocycles. The van der Waals surface area contributed by atoms with Gasteiger partial charge in [0.15, 0.2) is 0 Å². The molecule has 0 radical (unpaired) electrons. The number of halogens is 1. The van der Waals surface area contributed by atoms with Crippen molar-refractivity contribution in [3.63, 3.8) is 0 Å². The Kier molecular flexibility index (Phi) is 2.46. The van der Waals surface area contributed by atoms with Crippen molar-refractivity contribution in [1.82, 2.24) is 0 Å². The number of benzene rings is 1. The van der Waals surface area contributed by atoms with Gasteiger partial charge in [0.25, 0.3) is 0 Å². The SMILES string of the molecule is Cc1ccc(Cl)c2c1NCCC(=O)C2. The van der Waals surface area contributed by atoms with Gasteiger partial charge < -0.3 is 5.32 Å². The van der Waals surface area contributed by atoms with Crippen molar-refractivity contribution >= 4 is 23.1 Å². The molecule has 0 spiro atoms. The number of anilines is 1. The van der Waals surface area contributed by atoms with E-state index in [4.69, 9.17) is 11.6 Å². The van der Waals surface area contributed by atoms with Crippen LogP contribution in [0.4, 0.5) is 5.69 Å².